The van der Waals surface area contributed by atoms with Gasteiger partial charge in [-0.25, -0.2) is 0 Å². The first-order valence-electron chi connectivity index (χ1n) is 5.11. The van der Waals surface area contributed by atoms with E-state index in [0.29, 0.717) is 13.0 Å². The summed E-state index contributed by atoms with van der Waals surface area (Å²) in [6.07, 6.45) is 5.08. The molecule has 0 saturated heterocycles. The number of hydrogen-bond acceptors (Lipinski definition) is 2. The largest absolute Gasteiger partial charge is 0.466 e. The topological polar surface area (TPSA) is 26.3 Å². The molecule has 0 heterocycles. The van der Waals surface area contributed by atoms with Gasteiger partial charge in [-0.1, -0.05) is 40.0 Å². The van der Waals surface area contributed by atoms with Crippen molar-refractivity contribution in [3.8, 4) is 0 Å². The second-order valence-electron chi connectivity index (χ2n) is 3.67. The van der Waals surface area contributed by atoms with Gasteiger partial charge >= 0.3 is 5.97 Å². The van der Waals surface area contributed by atoms with E-state index in [-0.39, 0.29) is 5.97 Å². The highest BCUT2D eigenvalue weighted by Crippen LogP contribution is 2.05. The van der Waals surface area contributed by atoms with Crippen molar-refractivity contribution in [3.63, 3.8) is 0 Å². The van der Waals surface area contributed by atoms with Gasteiger partial charge in [-0.3, -0.25) is 4.79 Å². The van der Waals surface area contributed by atoms with E-state index in [2.05, 4.69) is 6.92 Å². The van der Waals surface area contributed by atoms with Gasteiger partial charge in [-0.15, -0.1) is 0 Å². The molecule has 0 unspecified atom stereocenters. The number of esters is 1. The minimum Gasteiger partial charge on any atom is -0.466 e. The summed E-state index contributed by atoms with van der Waals surface area (Å²) < 4.78 is 5.04. The molecular weight excluding hydrogens is 164 g/mol. The van der Waals surface area contributed by atoms with Crippen LogP contribution < -0.4 is 0 Å². The molecule has 0 aliphatic heterocycles. The highest BCUT2D eigenvalue weighted by molar-refractivity contribution is 5.71. The first-order chi connectivity index (χ1) is 6.16. The van der Waals surface area contributed by atoms with Crippen LogP contribution in [-0.4, -0.2) is 12.6 Å². The summed E-state index contributed by atoms with van der Waals surface area (Å²) in [7, 11) is 0. The highest BCUT2D eigenvalue weighted by Gasteiger charge is 2.05. The van der Waals surface area contributed by atoms with Crippen molar-refractivity contribution in [2.75, 3.05) is 6.61 Å². The lowest BCUT2D eigenvalue weighted by Gasteiger charge is -2.05. The summed E-state index contributed by atoms with van der Waals surface area (Å²) in [5.74, 6) is 1.02. The zero-order valence-electron chi connectivity index (χ0n) is 9.06. The Hall–Kier alpha value is -0.530. The van der Waals surface area contributed by atoms with Crippen molar-refractivity contribution in [1.82, 2.24) is 0 Å². The Morgan fingerprint density at radius 1 is 1.15 bits per heavy atom. The second kappa shape index (κ2) is 8.09. The van der Waals surface area contributed by atoms with Crippen molar-refractivity contribution >= 4 is 5.97 Å². The van der Waals surface area contributed by atoms with Crippen LogP contribution in [0.4, 0.5) is 0 Å². The van der Waals surface area contributed by atoms with Crippen LogP contribution in [0.5, 0.6) is 0 Å². The van der Waals surface area contributed by atoms with Crippen LogP contribution in [0, 0.1) is 5.92 Å². The molecule has 2 nitrogen and oxygen atoms in total. The molecular formula is C11H21O2. The average molecular weight is 185 g/mol. The molecule has 1 radical (unpaired) electrons. The fraction of sp³-hybridized carbons (Fsp3) is 0.818. The number of rotatable bonds is 7. The molecule has 0 rings (SSSR count). The van der Waals surface area contributed by atoms with Crippen molar-refractivity contribution in [1.29, 1.82) is 0 Å². The molecule has 2 heteroatoms. The van der Waals surface area contributed by atoms with E-state index in [0.717, 1.165) is 12.3 Å². The zero-order valence-corrected chi connectivity index (χ0v) is 9.06. The molecule has 0 aliphatic rings. The van der Waals surface area contributed by atoms with E-state index in [1.54, 1.807) is 0 Å². The van der Waals surface area contributed by atoms with Gasteiger partial charge in [0, 0.05) is 0 Å². The Bertz CT molecular complexity index is 130. The van der Waals surface area contributed by atoms with E-state index < -0.39 is 0 Å². The molecule has 0 aromatic carbocycles. The van der Waals surface area contributed by atoms with Crippen LogP contribution in [0.1, 0.15) is 52.9 Å². The molecule has 0 amide bonds. The Kier molecular flexibility index (Phi) is 7.76. The van der Waals surface area contributed by atoms with Crippen LogP contribution >= 0.6 is 0 Å². The summed E-state index contributed by atoms with van der Waals surface area (Å²) in [6.45, 7) is 6.64. The molecule has 0 aromatic heterocycles. The molecule has 0 fully saturated rings. The van der Waals surface area contributed by atoms with E-state index in [1.165, 1.54) is 19.3 Å². The van der Waals surface area contributed by atoms with E-state index in [9.17, 15) is 4.79 Å². The third kappa shape index (κ3) is 9.38. The van der Waals surface area contributed by atoms with Gasteiger partial charge in [0.25, 0.3) is 0 Å². The standard InChI is InChI=1S/C11H21O2/c1-4-5-6-7-8-13-11(12)9-10(2)3/h4-9H2,1-3H3. The van der Waals surface area contributed by atoms with Crippen molar-refractivity contribution in [3.05, 3.63) is 5.92 Å². The summed E-state index contributed by atoms with van der Waals surface area (Å²) in [6, 6.07) is 0. The minimum atomic E-state index is -0.0866. The summed E-state index contributed by atoms with van der Waals surface area (Å²) in [5.41, 5.74) is 0. The van der Waals surface area contributed by atoms with Crippen LogP contribution in [0.15, 0.2) is 0 Å². The molecule has 13 heavy (non-hydrogen) atoms. The van der Waals surface area contributed by atoms with Crippen LogP contribution in [0.2, 0.25) is 0 Å². The maximum absolute atomic E-state index is 11.0. The number of carbonyl (C=O) groups is 1. The lowest BCUT2D eigenvalue weighted by Crippen LogP contribution is -2.07. The Morgan fingerprint density at radius 3 is 2.38 bits per heavy atom. The Labute approximate surface area is 81.7 Å². The van der Waals surface area contributed by atoms with Gasteiger partial charge in [0.05, 0.1) is 13.0 Å². The summed E-state index contributed by atoms with van der Waals surface area (Å²) in [4.78, 5) is 11.0. The quantitative estimate of drug-likeness (QED) is 0.450. The Balaban J connectivity index is 3.17. The van der Waals surface area contributed by atoms with Crippen molar-refractivity contribution < 1.29 is 9.53 Å². The van der Waals surface area contributed by atoms with E-state index in [1.807, 2.05) is 13.8 Å². The average Bonchev–Trinajstić information content (AvgIpc) is 2.02. The normalized spacial score (nSPS) is 10.5. The molecule has 0 aromatic rings. The highest BCUT2D eigenvalue weighted by atomic mass is 16.5. The van der Waals surface area contributed by atoms with E-state index >= 15 is 0 Å². The lowest BCUT2D eigenvalue weighted by atomic mass is 10.1. The monoisotopic (exact) mass is 185 g/mol. The molecule has 0 N–H and O–H groups in total. The van der Waals surface area contributed by atoms with Gasteiger partial charge in [0.2, 0.25) is 0 Å². The van der Waals surface area contributed by atoms with Crippen LogP contribution in [-0.2, 0) is 9.53 Å². The van der Waals surface area contributed by atoms with Gasteiger partial charge in [-0.2, -0.15) is 0 Å². The molecule has 77 valence electrons. The van der Waals surface area contributed by atoms with Gasteiger partial charge in [-0.05, 0) is 12.3 Å². The predicted molar refractivity (Wildman–Crippen MR) is 54.3 cm³/mol. The molecule has 0 atom stereocenters. The number of hydrogen-bond donors (Lipinski definition) is 0. The first-order valence-corrected chi connectivity index (χ1v) is 5.11. The number of unbranched alkanes of at least 4 members (excludes halogenated alkanes) is 3. The molecule has 0 aliphatic carbocycles. The predicted octanol–water partition coefficient (Wildman–Crippen LogP) is 3.11. The third-order valence-electron chi connectivity index (χ3n) is 1.76. The maximum atomic E-state index is 11.0. The summed E-state index contributed by atoms with van der Waals surface area (Å²) >= 11 is 0. The number of carbonyl (C=O) groups excluding carboxylic acids is 1. The van der Waals surface area contributed by atoms with Crippen LogP contribution in [0.25, 0.3) is 0 Å². The lowest BCUT2D eigenvalue weighted by molar-refractivity contribution is -0.143. The Morgan fingerprint density at radius 2 is 1.85 bits per heavy atom. The zero-order chi connectivity index (χ0) is 10.1. The smallest absolute Gasteiger partial charge is 0.306 e. The van der Waals surface area contributed by atoms with Crippen molar-refractivity contribution in [2.45, 2.75) is 52.9 Å². The maximum Gasteiger partial charge on any atom is 0.306 e. The third-order valence-corrected chi connectivity index (χ3v) is 1.76. The fourth-order valence-corrected chi connectivity index (χ4v) is 1.05. The van der Waals surface area contributed by atoms with Gasteiger partial charge < -0.3 is 4.74 Å². The molecule has 0 bridgehead atoms. The van der Waals surface area contributed by atoms with E-state index in [4.69, 9.17) is 4.74 Å². The second-order valence-corrected chi connectivity index (χ2v) is 3.67. The minimum absolute atomic E-state index is 0.0866. The molecule has 0 saturated carbocycles. The fourth-order valence-electron chi connectivity index (χ4n) is 1.05. The van der Waals surface area contributed by atoms with Crippen LogP contribution in [0.3, 0.4) is 0 Å². The summed E-state index contributed by atoms with van der Waals surface area (Å²) in [5, 5.41) is 0. The first kappa shape index (κ1) is 12.5. The van der Waals surface area contributed by atoms with Gasteiger partial charge in [0.15, 0.2) is 0 Å². The van der Waals surface area contributed by atoms with Gasteiger partial charge in [0.1, 0.15) is 0 Å². The van der Waals surface area contributed by atoms with Crippen molar-refractivity contribution in [2.24, 2.45) is 0 Å². The molecule has 0 spiro atoms. The SMILES string of the molecule is CCCCCCOC(=O)C[C](C)C. The number of ether oxygens (including phenoxy) is 1.